The minimum Gasteiger partial charge on any atom is -0.324 e. The first kappa shape index (κ1) is 10.7. The summed E-state index contributed by atoms with van der Waals surface area (Å²) >= 11 is 7.84. The number of benzene rings is 1. The summed E-state index contributed by atoms with van der Waals surface area (Å²) < 4.78 is 0. The molecule has 1 heterocycles. The van der Waals surface area contributed by atoms with Crippen molar-refractivity contribution >= 4 is 22.9 Å². The molecular weight excluding hydrogens is 226 g/mol. The van der Waals surface area contributed by atoms with Gasteiger partial charge in [-0.15, -0.1) is 11.3 Å². The fourth-order valence-corrected chi connectivity index (χ4v) is 2.48. The van der Waals surface area contributed by atoms with Crippen LogP contribution in [-0.4, -0.2) is 0 Å². The molecule has 15 heavy (non-hydrogen) atoms. The fraction of sp³-hybridized carbons (Fsp3) is 0.167. The largest absolute Gasteiger partial charge is 0.324 e. The highest BCUT2D eigenvalue weighted by Crippen LogP contribution is 2.33. The van der Waals surface area contributed by atoms with E-state index in [9.17, 15) is 0 Å². The Bertz CT molecular complexity index is 449. The predicted octanol–water partition coefficient (Wildman–Crippen LogP) is 4.09. The quantitative estimate of drug-likeness (QED) is 0.837. The molecule has 0 bridgehead atoms. The van der Waals surface area contributed by atoms with Gasteiger partial charge in [-0.3, -0.25) is 0 Å². The lowest BCUT2D eigenvalue weighted by atomic mass is 10.0. The van der Waals surface area contributed by atoms with E-state index in [1.54, 1.807) is 11.3 Å². The van der Waals surface area contributed by atoms with Crippen LogP contribution in [0.2, 0.25) is 5.02 Å². The molecule has 78 valence electrons. The summed E-state index contributed by atoms with van der Waals surface area (Å²) in [6.45, 7) is 1.97. The lowest BCUT2D eigenvalue weighted by Crippen LogP contribution is -2.04. The monoisotopic (exact) mass is 237 g/mol. The Kier molecular flexibility index (Phi) is 3.10. The lowest BCUT2D eigenvalue weighted by Gasteiger charge is -2.08. The van der Waals surface area contributed by atoms with Gasteiger partial charge in [0, 0.05) is 21.5 Å². The van der Waals surface area contributed by atoms with E-state index in [1.807, 2.05) is 30.5 Å². The van der Waals surface area contributed by atoms with Gasteiger partial charge in [-0.1, -0.05) is 23.7 Å². The molecule has 1 aromatic heterocycles. The molecule has 2 N–H and O–H groups in total. The predicted molar refractivity (Wildman–Crippen MR) is 67.4 cm³/mol. The number of nitrogens with two attached hydrogens (primary N) is 1. The summed E-state index contributed by atoms with van der Waals surface area (Å²) in [6, 6.07) is 10.1. The molecule has 1 unspecified atom stereocenters. The normalized spacial score (nSPS) is 12.7. The van der Waals surface area contributed by atoms with E-state index in [4.69, 9.17) is 17.3 Å². The maximum Gasteiger partial charge on any atom is 0.0492 e. The molecule has 0 saturated heterocycles. The van der Waals surface area contributed by atoms with Crippen molar-refractivity contribution in [3.05, 3.63) is 46.3 Å². The number of halogens is 1. The molecule has 1 atom stereocenters. The molecule has 2 rings (SSSR count). The summed E-state index contributed by atoms with van der Waals surface area (Å²) in [4.78, 5) is 1.18. The lowest BCUT2D eigenvalue weighted by molar-refractivity contribution is 0.819. The van der Waals surface area contributed by atoms with Crippen molar-refractivity contribution in [3.8, 4) is 10.4 Å². The van der Waals surface area contributed by atoms with Crippen LogP contribution in [0.25, 0.3) is 10.4 Å². The Morgan fingerprint density at radius 3 is 2.73 bits per heavy atom. The van der Waals surface area contributed by atoms with Gasteiger partial charge in [-0.2, -0.15) is 0 Å². The van der Waals surface area contributed by atoms with Gasteiger partial charge in [0.2, 0.25) is 0 Å². The van der Waals surface area contributed by atoms with Crippen molar-refractivity contribution in [2.45, 2.75) is 13.0 Å². The van der Waals surface area contributed by atoms with Gasteiger partial charge < -0.3 is 5.73 Å². The minimum atomic E-state index is 0.0426. The number of rotatable bonds is 2. The van der Waals surface area contributed by atoms with Crippen LogP contribution in [0.3, 0.4) is 0 Å². The Morgan fingerprint density at radius 1 is 1.33 bits per heavy atom. The molecule has 1 aromatic carbocycles. The van der Waals surface area contributed by atoms with Gasteiger partial charge in [0.1, 0.15) is 0 Å². The van der Waals surface area contributed by atoms with E-state index in [0.29, 0.717) is 0 Å². The third-order valence-corrected chi connectivity index (χ3v) is 3.54. The van der Waals surface area contributed by atoms with Crippen molar-refractivity contribution in [3.63, 3.8) is 0 Å². The van der Waals surface area contributed by atoms with Crippen LogP contribution in [0, 0.1) is 0 Å². The van der Waals surface area contributed by atoms with E-state index < -0.39 is 0 Å². The van der Waals surface area contributed by atoms with Gasteiger partial charge in [0.05, 0.1) is 0 Å². The van der Waals surface area contributed by atoms with E-state index in [0.717, 1.165) is 16.1 Å². The first-order valence-corrected chi connectivity index (χ1v) is 6.03. The van der Waals surface area contributed by atoms with Crippen molar-refractivity contribution in [2.75, 3.05) is 0 Å². The van der Waals surface area contributed by atoms with Crippen LogP contribution in [0.1, 0.15) is 18.5 Å². The van der Waals surface area contributed by atoms with Gasteiger partial charge in [0.25, 0.3) is 0 Å². The second kappa shape index (κ2) is 4.35. The van der Waals surface area contributed by atoms with Crippen LogP contribution < -0.4 is 5.73 Å². The zero-order valence-electron chi connectivity index (χ0n) is 8.41. The highest BCUT2D eigenvalue weighted by atomic mass is 35.5. The van der Waals surface area contributed by atoms with E-state index in [-0.39, 0.29) is 6.04 Å². The Labute approximate surface area is 98.5 Å². The summed E-state index contributed by atoms with van der Waals surface area (Å²) in [5, 5.41) is 2.83. The van der Waals surface area contributed by atoms with Crippen molar-refractivity contribution in [1.29, 1.82) is 0 Å². The highest BCUT2D eigenvalue weighted by Gasteiger charge is 2.07. The molecule has 0 aliphatic rings. The van der Waals surface area contributed by atoms with Crippen LogP contribution in [0.4, 0.5) is 0 Å². The Hall–Kier alpha value is -0.830. The average molecular weight is 238 g/mol. The zero-order valence-corrected chi connectivity index (χ0v) is 9.98. The summed E-state index contributed by atoms with van der Waals surface area (Å²) in [5.74, 6) is 0. The molecule has 0 aliphatic heterocycles. The number of hydrogen-bond donors (Lipinski definition) is 1. The third kappa shape index (κ3) is 2.23. The van der Waals surface area contributed by atoms with Gasteiger partial charge in [0.15, 0.2) is 0 Å². The zero-order chi connectivity index (χ0) is 10.8. The molecule has 3 heteroatoms. The fourth-order valence-electron chi connectivity index (χ4n) is 1.45. The molecule has 0 fully saturated rings. The standard InChI is InChI=1S/C12H12ClNS/c1-8(14)9-4-5-11(13)10(7-9)12-3-2-6-15-12/h2-8H,14H2,1H3. The second-order valence-corrected chi connectivity index (χ2v) is 4.86. The van der Waals surface area contributed by atoms with Crippen LogP contribution in [-0.2, 0) is 0 Å². The molecular formula is C12H12ClNS. The molecule has 0 radical (unpaired) electrons. The molecule has 1 nitrogen and oxygen atoms in total. The summed E-state index contributed by atoms with van der Waals surface area (Å²) in [5.41, 5.74) is 8.03. The Morgan fingerprint density at radius 2 is 2.13 bits per heavy atom. The smallest absolute Gasteiger partial charge is 0.0492 e. The third-order valence-electron chi connectivity index (χ3n) is 2.30. The maximum absolute atomic E-state index is 6.16. The minimum absolute atomic E-state index is 0.0426. The molecule has 0 spiro atoms. The summed E-state index contributed by atoms with van der Waals surface area (Å²) in [7, 11) is 0. The van der Waals surface area contributed by atoms with Crippen LogP contribution >= 0.6 is 22.9 Å². The van der Waals surface area contributed by atoms with Crippen molar-refractivity contribution in [1.82, 2.24) is 0 Å². The van der Waals surface area contributed by atoms with E-state index in [1.165, 1.54) is 4.88 Å². The van der Waals surface area contributed by atoms with Crippen molar-refractivity contribution in [2.24, 2.45) is 5.73 Å². The average Bonchev–Trinajstić information content (AvgIpc) is 2.71. The second-order valence-electron chi connectivity index (χ2n) is 3.51. The van der Waals surface area contributed by atoms with Gasteiger partial charge in [-0.25, -0.2) is 0 Å². The van der Waals surface area contributed by atoms with E-state index >= 15 is 0 Å². The molecule has 2 aromatic rings. The molecule has 0 aliphatic carbocycles. The Balaban J connectivity index is 2.51. The van der Waals surface area contributed by atoms with Crippen LogP contribution in [0.5, 0.6) is 0 Å². The SMILES string of the molecule is CC(N)c1ccc(Cl)c(-c2cccs2)c1. The topological polar surface area (TPSA) is 26.0 Å². The van der Waals surface area contributed by atoms with Crippen molar-refractivity contribution < 1.29 is 0 Å². The van der Waals surface area contributed by atoms with Gasteiger partial charge in [-0.05, 0) is 36.1 Å². The van der Waals surface area contributed by atoms with Crippen LogP contribution in [0.15, 0.2) is 35.7 Å². The molecule has 0 saturated carbocycles. The maximum atomic E-state index is 6.16. The van der Waals surface area contributed by atoms with E-state index in [2.05, 4.69) is 12.1 Å². The number of hydrogen-bond acceptors (Lipinski definition) is 2. The highest BCUT2D eigenvalue weighted by molar-refractivity contribution is 7.13. The molecule has 0 amide bonds. The first-order chi connectivity index (χ1) is 7.18. The summed E-state index contributed by atoms with van der Waals surface area (Å²) in [6.07, 6.45) is 0. The number of thiophene rings is 1. The van der Waals surface area contributed by atoms with Gasteiger partial charge >= 0.3 is 0 Å². The first-order valence-electron chi connectivity index (χ1n) is 4.77.